The zero-order chi connectivity index (χ0) is 13.7. The molecule has 0 radical (unpaired) electrons. The molecule has 2 rings (SSSR count). The van der Waals surface area contributed by atoms with Gasteiger partial charge >= 0.3 is 0 Å². The Kier molecular flexibility index (Phi) is 6.11. The molecule has 2 atom stereocenters. The van der Waals surface area contributed by atoms with Gasteiger partial charge in [-0.15, -0.1) is 0 Å². The van der Waals surface area contributed by atoms with Crippen LogP contribution in [0.5, 0.6) is 0 Å². The first kappa shape index (κ1) is 15.3. The van der Waals surface area contributed by atoms with E-state index in [0.717, 1.165) is 30.5 Å². The summed E-state index contributed by atoms with van der Waals surface area (Å²) in [6, 6.07) is 1.70. The van der Waals surface area contributed by atoms with E-state index in [1.54, 1.807) is 0 Å². The van der Waals surface area contributed by atoms with Gasteiger partial charge < -0.3 is 11.1 Å². The van der Waals surface area contributed by atoms with Gasteiger partial charge in [-0.3, -0.25) is 4.90 Å². The van der Waals surface area contributed by atoms with Crippen LogP contribution in [0.4, 0.5) is 0 Å². The summed E-state index contributed by atoms with van der Waals surface area (Å²) in [6.07, 6.45) is 8.08. The Bertz CT molecular complexity index is 250. The molecular weight excluding hydrogens is 234 g/mol. The monoisotopic (exact) mass is 267 g/mol. The fraction of sp³-hybridized carbons (Fsp3) is 1.00. The molecular formula is C16H33N3. The minimum Gasteiger partial charge on any atom is -0.330 e. The largest absolute Gasteiger partial charge is 0.330 e. The average molecular weight is 267 g/mol. The van der Waals surface area contributed by atoms with Crippen LogP contribution in [0.2, 0.25) is 0 Å². The van der Waals surface area contributed by atoms with Gasteiger partial charge in [0.1, 0.15) is 0 Å². The summed E-state index contributed by atoms with van der Waals surface area (Å²) in [7, 11) is 0. The molecule has 0 aromatic rings. The van der Waals surface area contributed by atoms with Crippen molar-refractivity contribution in [1.29, 1.82) is 0 Å². The number of hydrogen-bond acceptors (Lipinski definition) is 3. The molecule has 0 amide bonds. The lowest BCUT2D eigenvalue weighted by molar-refractivity contribution is 0.311. The van der Waals surface area contributed by atoms with Gasteiger partial charge in [-0.05, 0) is 63.5 Å². The third kappa shape index (κ3) is 5.05. The molecule has 112 valence electrons. The van der Waals surface area contributed by atoms with Gasteiger partial charge in [-0.2, -0.15) is 0 Å². The second-order valence-corrected chi connectivity index (χ2v) is 6.89. The second kappa shape index (κ2) is 7.61. The number of rotatable bonds is 9. The third-order valence-corrected chi connectivity index (χ3v) is 4.95. The van der Waals surface area contributed by atoms with Crippen molar-refractivity contribution in [2.24, 2.45) is 17.6 Å². The molecule has 0 bridgehead atoms. The van der Waals surface area contributed by atoms with Crippen molar-refractivity contribution in [1.82, 2.24) is 10.2 Å². The van der Waals surface area contributed by atoms with Gasteiger partial charge in [-0.25, -0.2) is 0 Å². The summed E-state index contributed by atoms with van der Waals surface area (Å²) in [5.41, 5.74) is 5.70. The van der Waals surface area contributed by atoms with Gasteiger partial charge in [0.15, 0.2) is 0 Å². The molecule has 1 heterocycles. The number of nitrogens with two attached hydrogens (primary N) is 1. The molecule has 0 spiro atoms. The van der Waals surface area contributed by atoms with Crippen molar-refractivity contribution >= 4 is 0 Å². The maximum atomic E-state index is 5.70. The average Bonchev–Trinajstić information content (AvgIpc) is 3.13. The minimum atomic E-state index is 0.757. The van der Waals surface area contributed by atoms with Gasteiger partial charge in [0.05, 0.1) is 0 Å². The predicted octanol–water partition coefficient (Wildman–Crippen LogP) is 2.21. The van der Waals surface area contributed by atoms with E-state index in [9.17, 15) is 0 Å². The van der Waals surface area contributed by atoms with Crippen molar-refractivity contribution in [2.45, 2.75) is 64.5 Å². The van der Waals surface area contributed by atoms with Crippen LogP contribution in [-0.4, -0.2) is 43.2 Å². The van der Waals surface area contributed by atoms with E-state index >= 15 is 0 Å². The number of hydrogen-bond donors (Lipinski definition) is 2. The van der Waals surface area contributed by atoms with Crippen LogP contribution < -0.4 is 11.1 Å². The van der Waals surface area contributed by atoms with Crippen LogP contribution >= 0.6 is 0 Å². The second-order valence-electron chi connectivity index (χ2n) is 6.89. The first-order valence-corrected chi connectivity index (χ1v) is 8.38. The van der Waals surface area contributed by atoms with Gasteiger partial charge in [0, 0.05) is 25.2 Å². The predicted molar refractivity (Wildman–Crippen MR) is 82.2 cm³/mol. The molecule has 1 saturated carbocycles. The molecule has 3 heteroatoms. The van der Waals surface area contributed by atoms with E-state index in [1.807, 2.05) is 0 Å². The Morgan fingerprint density at radius 2 is 2.00 bits per heavy atom. The van der Waals surface area contributed by atoms with Crippen molar-refractivity contribution in [2.75, 3.05) is 26.2 Å². The molecule has 0 aromatic heterocycles. The Morgan fingerprint density at radius 1 is 1.21 bits per heavy atom. The fourth-order valence-corrected chi connectivity index (χ4v) is 3.42. The lowest BCUT2D eigenvalue weighted by atomic mass is 9.88. The molecule has 1 aliphatic carbocycles. The van der Waals surface area contributed by atoms with Crippen LogP contribution in [0, 0.1) is 11.8 Å². The highest BCUT2D eigenvalue weighted by Crippen LogP contribution is 2.29. The number of nitrogens with zero attached hydrogens (tertiary/aromatic N) is 1. The summed E-state index contributed by atoms with van der Waals surface area (Å²) in [5, 5.41) is 3.76. The van der Waals surface area contributed by atoms with Gasteiger partial charge in [-0.1, -0.05) is 13.8 Å². The first-order chi connectivity index (χ1) is 9.20. The van der Waals surface area contributed by atoms with E-state index in [4.69, 9.17) is 5.73 Å². The highest BCUT2D eigenvalue weighted by atomic mass is 15.2. The highest BCUT2D eigenvalue weighted by Gasteiger charge is 2.33. The van der Waals surface area contributed by atoms with Crippen molar-refractivity contribution in [3.05, 3.63) is 0 Å². The smallest absolute Gasteiger partial charge is 0.0207 e. The Balaban J connectivity index is 1.53. The standard InChI is InChI=1S/C16H33N3/c1-13(2)14(7-9-17)4-3-10-18-15-8-11-19(12-15)16-5-6-16/h13-16,18H,3-12,17H2,1-2H3. The van der Waals surface area contributed by atoms with E-state index < -0.39 is 0 Å². The van der Waals surface area contributed by atoms with Crippen LogP contribution in [-0.2, 0) is 0 Å². The lowest BCUT2D eigenvalue weighted by Crippen LogP contribution is -2.34. The Labute approximate surface area is 119 Å². The Hall–Kier alpha value is -0.120. The zero-order valence-corrected chi connectivity index (χ0v) is 12.9. The first-order valence-electron chi connectivity index (χ1n) is 8.38. The highest BCUT2D eigenvalue weighted by molar-refractivity contribution is 4.91. The van der Waals surface area contributed by atoms with E-state index in [2.05, 4.69) is 24.1 Å². The zero-order valence-electron chi connectivity index (χ0n) is 12.9. The number of likely N-dealkylation sites (tertiary alicyclic amines) is 1. The van der Waals surface area contributed by atoms with Crippen LogP contribution in [0.25, 0.3) is 0 Å². The lowest BCUT2D eigenvalue weighted by Gasteiger charge is -2.21. The molecule has 1 aliphatic heterocycles. The van der Waals surface area contributed by atoms with Crippen molar-refractivity contribution < 1.29 is 0 Å². The van der Waals surface area contributed by atoms with Gasteiger partial charge in [0.25, 0.3) is 0 Å². The Morgan fingerprint density at radius 3 is 2.63 bits per heavy atom. The van der Waals surface area contributed by atoms with Crippen LogP contribution in [0.3, 0.4) is 0 Å². The molecule has 2 aliphatic rings. The maximum Gasteiger partial charge on any atom is 0.0207 e. The van der Waals surface area contributed by atoms with E-state index in [0.29, 0.717) is 0 Å². The molecule has 3 N–H and O–H groups in total. The molecule has 2 unspecified atom stereocenters. The summed E-state index contributed by atoms with van der Waals surface area (Å²) in [5.74, 6) is 1.60. The normalized spacial score (nSPS) is 26.2. The molecule has 1 saturated heterocycles. The van der Waals surface area contributed by atoms with E-state index in [1.165, 1.54) is 58.2 Å². The molecule has 3 nitrogen and oxygen atoms in total. The van der Waals surface area contributed by atoms with Crippen molar-refractivity contribution in [3.63, 3.8) is 0 Å². The summed E-state index contributed by atoms with van der Waals surface area (Å²) in [6.45, 7) is 9.31. The maximum absolute atomic E-state index is 5.70. The molecule has 0 aromatic carbocycles. The summed E-state index contributed by atoms with van der Waals surface area (Å²) >= 11 is 0. The molecule has 19 heavy (non-hydrogen) atoms. The molecule has 2 fully saturated rings. The third-order valence-electron chi connectivity index (χ3n) is 4.95. The SMILES string of the molecule is CC(C)C(CCN)CCCNC1CCN(C2CC2)C1. The van der Waals surface area contributed by atoms with Crippen LogP contribution in [0.1, 0.15) is 52.4 Å². The topological polar surface area (TPSA) is 41.3 Å². The number of nitrogens with one attached hydrogen (secondary N) is 1. The van der Waals surface area contributed by atoms with Gasteiger partial charge in [0.2, 0.25) is 0 Å². The van der Waals surface area contributed by atoms with E-state index in [-0.39, 0.29) is 0 Å². The fourth-order valence-electron chi connectivity index (χ4n) is 3.42. The summed E-state index contributed by atoms with van der Waals surface area (Å²) in [4.78, 5) is 2.68. The van der Waals surface area contributed by atoms with Crippen LogP contribution in [0.15, 0.2) is 0 Å². The quantitative estimate of drug-likeness (QED) is 0.629. The minimum absolute atomic E-state index is 0.757. The summed E-state index contributed by atoms with van der Waals surface area (Å²) < 4.78 is 0. The van der Waals surface area contributed by atoms with Crippen molar-refractivity contribution in [3.8, 4) is 0 Å².